The van der Waals surface area contributed by atoms with Gasteiger partial charge in [0.1, 0.15) is 11.4 Å². The summed E-state index contributed by atoms with van der Waals surface area (Å²) < 4.78 is 19.7. The molecule has 0 saturated carbocycles. The summed E-state index contributed by atoms with van der Waals surface area (Å²) in [6.07, 6.45) is 0.364. The highest BCUT2D eigenvalue weighted by Gasteiger charge is 2.33. The van der Waals surface area contributed by atoms with Crippen molar-refractivity contribution < 1.29 is 13.9 Å². The van der Waals surface area contributed by atoms with Crippen molar-refractivity contribution in [2.45, 2.75) is 32.8 Å². The highest BCUT2D eigenvalue weighted by Crippen LogP contribution is 2.25. The van der Waals surface area contributed by atoms with Crippen molar-refractivity contribution in [2.75, 3.05) is 13.1 Å². The van der Waals surface area contributed by atoms with Crippen molar-refractivity contribution in [2.24, 2.45) is 5.92 Å². The number of ether oxygens (including phenoxy) is 1. The van der Waals surface area contributed by atoms with Crippen LogP contribution in [0.5, 0.6) is 0 Å². The summed E-state index contributed by atoms with van der Waals surface area (Å²) in [5.74, 6) is 0.105. The molecule has 1 fully saturated rings. The molecule has 1 aromatic rings. The maximum Gasteiger partial charge on any atom is 0.410 e. The molecule has 0 aromatic heterocycles. The van der Waals surface area contributed by atoms with Crippen LogP contribution in [0.2, 0.25) is 0 Å². The van der Waals surface area contributed by atoms with Crippen LogP contribution in [0.15, 0.2) is 22.7 Å². The molecule has 1 saturated heterocycles. The molecule has 2 rings (SSSR count). The van der Waals surface area contributed by atoms with Gasteiger partial charge in [-0.25, -0.2) is 9.18 Å². The van der Waals surface area contributed by atoms with Crippen LogP contribution in [0.3, 0.4) is 0 Å². The normalized spacial score (nSPS) is 15.9. The van der Waals surface area contributed by atoms with Crippen LogP contribution in [0.25, 0.3) is 0 Å². The minimum Gasteiger partial charge on any atom is -0.444 e. The number of amides is 1. The van der Waals surface area contributed by atoms with Gasteiger partial charge in [-0.05, 0) is 50.8 Å². The summed E-state index contributed by atoms with van der Waals surface area (Å²) in [5.41, 5.74) is 0.224. The predicted octanol–water partition coefficient (Wildman–Crippen LogP) is 4.00. The Labute approximate surface area is 127 Å². The van der Waals surface area contributed by atoms with Gasteiger partial charge in [-0.2, -0.15) is 0 Å². The number of benzene rings is 1. The second-order valence-corrected chi connectivity index (χ2v) is 7.11. The van der Waals surface area contributed by atoms with Gasteiger partial charge < -0.3 is 9.64 Å². The van der Waals surface area contributed by atoms with Gasteiger partial charge >= 0.3 is 6.09 Å². The van der Waals surface area contributed by atoms with Crippen LogP contribution >= 0.6 is 15.9 Å². The number of nitrogens with zero attached hydrogens (tertiary/aromatic N) is 1. The summed E-state index contributed by atoms with van der Waals surface area (Å²) in [7, 11) is 0. The van der Waals surface area contributed by atoms with E-state index in [-0.39, 0.29) is 11.9 Å². The number of carbonyl (C=O) groups is 1. The Hall–Kier alpha value is -1.10. The number of halogens is 2. The molecular weight excluding hydrogens is 325 g/mol. The Morgan fingerprint density at radius 1 is 1.45 bits per heavy atom. The molecule has 1 aromatic carbocycles. The minimum absolute atomic E-state index is 0.199. The van der Waals surface area contributed by atoms with Gasteiger partial charge in [-0.3, -0.25) is 0 Å². The molecule has 0 aliphatic carbocycles. The first kappa shape index (κ1) is 15.3. The van der Waals surface area contributed by atoms with Crippen LogP contribution < -0.4 is 0 Å². The molecule has 0 spiro atoms. The molecule has 1 aliphatic rings. The van der Waals surface area contributed by atoms with E-state index in [1.54, 1.807) is 11.0 Å². The zero-order valence-corrected chi connectivity index (χ0v) is 13.5. The average molecular weight is 344 g/mol. The van der Waals surface area contributed by atoms with Crippen molar-refractivity contribution in [3.63, 3.8) is 0 Å². The predicted molar refractivity (Wildman–Crippen MR) is 79.1 cm³/mol. The summed E-state index contributed by atoms with van der Waals surface area (Å²) in [5, 5.41) is 0. The molecular formula is C15H19BrFNO2. The Morgan fingerprint density at radius 2 is 2.10 bits per heavy atom. The fourth-order valence-electron chi connectivity index (χ4n) is 2.17. The molecule has 1 heterocycles. The smallest absolute Gasteiger partial charge is 0.410 e. The Kier molecular flexibility index (Phi) is 4.37. The van der Waals surface area contributed by atoms with E-state index in [1.807, 2.05) is 26.8 Å². The van der Waals surface area contributed by atoms with Gasteiger partial charge in [0, 0.05) is 17.6 Å². The molecule has 1 amide bonds. The third-order valence-electron chi connectivity index (χ3n) is 3.13. The Bertz CT molecular complexity index is 507. The van der Waals surface area contributed by atoms with E-state index in [1.165, 1.54) is 6.07 Å². The first-order valence-corrected chi connectivity index (χ1v) is 7.46. The van der Waals surface area contributed by atoms with Gasteiger partial charge in [-0.1, -0.05) is 22.0 Å². The van der Waals surface area contributed by atoms with E-state index in [0.717, 1.165) is 4.47 Å². The molecule has 0 radical (unpaired) electrons. The quantitative estimate of drug-likeness (QED) is 0.812. The van der Waals surface area contributed by atoms with E-state index >= 15 is 0 Å². The van der Waals surface area contributed by atoms with Gasteiger partial charge in [0.15, 0.2) is 0 Å². The fraction of sp³-hybridized carbons (Fsp3) is 0.533. The molecule has 0 N–H and O–H groups in total. The lowest BCUT2D eigenvalue weighted by Crippen LogP contribution is -2.52. The van der Waals surface area contributed by atoms with Crippen molar-refractivity contribution in [1.29, 1.82) is 0 Å². The van der Waals surface area contributed by atoms with Crippen LogP contribution in [0, 0.1) is 11.7 Å². The number of hydrogen-bond acceptors (Lipinski definition) is 2. The number of hydrogen-bond donors (Lipinski definition) is 0. The largest absolute Gasteiger partial charge is 0.444 e. The molecule has 0 atom stereocenters. The van der Waals surface area contributed by atoms with Crippen molar-refractivity contribution in [3.8, 4) is 0 Å². The molecule has 0 bridgehead atoms. The SMILES string of the molecule is CC(C)(C)OC(=O)N1CC(Cc2ccc(Br)cc2F)C1. The van der Waals surface area contributed by atoms with Crippen molar-refractivity contribution in [1.82, 2.24) is 4.90 Å². The van der Waals surface area contributed by atoms with Crippen molar-refractivity contribution >= 4 is 22.0 Å². The number of rotatable bonds is 2. The first-order chi connectivity index (χ1) is 9.24. The van der Waals surface area contributed by atoms with Gasteiger partial charge in [0.2, 0.25) is 0 Å². The zero-order valence-electron chi connectivity index (χ0n) is 12.0. The molecule has 3 nitrogen and oxygen atoms in total. The lowest BCUT2D eigenvalue weighted by atomic mass is 9.92. The second-order valence-electron chi connectivity index (χ2n) is 6.19. The molecule has 0 unspecified atom stereocenters. The van der Waals surface area contributed by atoms with E-state index in [9.17, 15) is 9.18 Å². The lowest BCUT2D eigenvalue weighted by Gasteiger charge is -2.40. The summed E-state index contributed by atoms with van der Waals surface area (Å²) in [4.78, 5) is 13.4. The Morgan fingerprint density at radius 3 is 2.65 bits per heavy atom. The fourth-order valence-corrected chi connectivity index (χ4v) is 2.51. The Balaban J connectivity index is 1.83. The lowest BCUT2D eigenvalue weighted by molar-refractivity contribution is -0.000958. The van der Waals surface area contributed by atoms with Gasteiger partial charge in [0.25, 0.3) is 0 Å². The van der Waals surface area contributed by atoms with Crippen LogP contribution in [0.1, 0.15) is 26.3 Å². The second kappa shape index (κ2) is 5.72. The monoisotopic (exact) mass is 343 g/mol. The van der Waals surface area contributed by atoms with Gasteiger partial charge in [0.05, 0.1) is 0 Å². The van der Waals surface area contributed by atoms with E-state index in [4.69, 9.17) is 4.74 Å². The third kappa shape index (κ3) is 3.95. The maximum atomic E-state index is 13.7. The summed E-state index contributed by atoms with van der Waals surface area (Å²) >= 11 is 3.24. The van der Waals surface area contributed by atoms with Crippen LogP contribution in [-0.2, 0) is 11.2 Å². The zero-order chi connectivity index (χ0) is 14.9. The average Bonchev–Trinajstić information content (AvgIpc) is 2.22. The minimum atomic E-state index is -0.472. The standard InChI is InChI=1S/C15H19BrFNO2/c1-15(2,3)20-14(19)18-8-10(9-18)6-11-4-5-12(16)7-13(11)17/h4-5,7,10H,6,8-9H2,1-3H3. The maximum absolute atomic E-state index is 13.7. The molecule has 20 heavy (non-hydrogen) atoms. The number of carbonyl (C=O) groups excluding carboxylic acids is 1. The van der Waals surface area contributed by atoms with Crippen LogP contribution in [0.4, 0.5) is 9.18 Å². The molecule has 1 aliphatic heterocycles. The molecule has 5 heteroatoms. The van der Waals surface area contributed by atoms with Crippen molar-refractivity contribution in [3.05, 3.63) is 34.1 Å². The van der Waals surface area contributed by atoms with E-state index in [0.29, 0.717) is 31.0 Å². The number of likely N-dealkylation sites (tertiary alicyclic amines) is 1. The van der Waals surface area contributed by atoms with E-state index < -0.39 is 5.60 Å². The van der Waals surface area contributed by atoms with Crippen LogP contribution in [-0.4, -0.2) is 29.7 Å². The van der Waals surface area contributed by atoms with Gasteiger partial charge in [-0.15, -0.1) is 0 Å². The summed E-state index contributed by atoms with van der Waals surface area (Å²) in [6.45, 7) is 6.80. The first-order valence-electron chi connectivity index (χ1n) is 6.66. The third-order valence-corrected chi connectivity index (χ3v) is 3.63. The summed E-state index contributed by atoms with van der Waals surface area (Å²) in [6, 6.07) is 5.10. The van der Waals surface area contributed by atoms with E-state index in [2.05, 4.69) is 15.9 Å². The molecule has 110 valence electrons. The highest BCUT2D eigenvalue weighted by atomic mass is 79.9. The highest BCUT2D eigenvalue weighted by molar-refractivity contribution is 9.10. The topological polar surface area (TPSA) is 29.5 Å².